The number of hydrogen-bond acceptors (Lipinski definition) is 5. The van der Waals surface area contributed by atoms with Gasteiger partial charge < -0.3 is 9.84 Å². The van der Waals surface area contributed by atoms with Gasteiger partial charge in [0.15, 0.2) is 0 Å². The fourth-order valence-corrected chi connectivity index (χ4v) is 2.61. The van der Waals surface area contributed by atoms with Crippen LogP contribution in [0.15, 0.2) is 40.9 Å². The molecule has 0 fully saturated rings. The van der Waals surface area contributed by atoms with Crippen molar-refractivity contribution in [2.24, 2.45) is 0 Å². The van der Waals surface area contributed by atoms with Crippen molar-refractivity contribution in [1.82, 2.24) is 14.9 Å². The van der Waals surface area contributed by atoms with Gasteiger partial charge in [-0.3, -0.25) is 10.1 Å². The Morgan fingerprint density at radius 3 is 2.56 bits per heavy atom. The van der Waals surface area contributed by atoms with Crippen LogP contribution in [0.25, 0.3) is 5.69 Å². The van der Waals surface area contributed by atoms with E-state index in [1.54, 1.807) is 19.9 Å². The van der Waals surface area contributed by atoms with Gasteiger partial charge in [-0.25, -0.2) is 4.68 Å². The maximum atomic E-state index is 12.3. The summed E-state index contributed by atoms with van der Waals surface area (Å²) in [6, 6.07) is 11.1. The van der Waals surface area contributed by atoms with Crippen LogP contribution in [0.1, 0.15) is 24.0 Å². The van der Waals surface area contributed by atoms with E-state index in [0.717, 1.165) is 22.8 Å². The summed E-state index contributed by atoms with van der Waals surface area (Å²) in [6.07, 6.45) is 0. The fraction of sp³-hybridized carbons (Fsp3) is 0.278. The van der Waals surface area contributed by atoms with Gasteiger partial charge >= 0.3 is 0 Å². The van der Waals surface area contributed by atoms with Gasteiger partial charge in [0, 0.05) is 6.07 Å². The molecule has 1 aromatic carbocycles. The number of benzene rings is 1. The number of rotatable bonds is 5. The number of aromatic nitrogens is 3. The van der Waals surface area contributed by atoms with E-state index >= 15 is 0 Å². The molecular formula is C18H21N5O2. The van der Waals surface area contributed by atoms with Crippen molar-refractivity contribution >= 4 is 17.5 Å². The van der Waals surface area contributed by atoms with Crippen molar-refractivity contribution in [3.05, 3.63) is 53.5 Å². The zero-order chi connectivity index (χ0) is 18.0. The van der Waals surface area contributed by atoms with Crippen molar-refractivity contribution in [3.63, 3.8) is 0 Å². The Hall–Kier alpha value is -3.09. The lowest BCUT2D eigenvalue weighted by atomic mass is 10.2. The molecule has 2 aromatic heterocycles. The summed E-state index contributed by atoms with van der Waals surface area (Å²) in [7, 11) is 0. The highest BCUT2D eigenvalue weighted by Gasteiger charge is 2.19. The molecule has 0 bridgehead atoms. The number of hydrogen-bond donors (Lipinski definition) is 2. The second-order valence-corrected chi connectivity index (χ2v) is 5.98. The summed E-state index contributed by atoms with van der Waals surface area (Å²) in [6.45, 7) is 7.47. The molecule has 25 heavy (non-hydrogen) atoms. The molecule has 7 heteroatoms. The monoisotopic (exact) mass is 339 g/mol. The minimum absolute atomic E-state index is 0.206. The van der Waals surface area contributed by atoms with Gasteiger partial charge in [-0.05, 0) is 39.8 Å². The molecule has 3 rings (SSSR count). The molecule has 7 nitrogen and oxygen atoms in total. The molecule has 1 unspecified atom stereocenters. The van der Waals surface area contributed by atoms with Crippen molar-refractivity contribution in [2.45, 2.75) is 33.7 Å². The number of amides is 1. The minimum atomic E-state index is -0.462. The molecule has 0 aliphatic rings. The smallest absolute Gasteiger partial charge is 0.248 e. The summed E-state index contributed by atoms with van der Waals surface area (Å²) in [4.78, 5) is 12.3. The molecule has 0 saturated carbocycles. The van der Waals surface area contributed by atoms with Crippen LogP contribution >= 0.6 is 0 Å². The zero-order valence-electron chi connectivity index (χ0n) is 14.7. The van der Waals surface area contributed by atoms with E-state index in [-0.39, 0.29) is 5.91 Å². The Bertz CT molecular complexity index is 882. The molecular weight excluding hydrogens is 318 g/mol. The predicted molar refractivity (Wildman–Crippen MR) is 96.0 cm³/mol. The first-order valence-corrected chi connectivity index (χ1v) is 8.08. The number of nitrogens with zero attached hydrogens (tertiary/aromatic N) is 3. The lowest BCUT2D eigenvalue weighted by Gasteiger charge is -2.14. The Morgan fingerprint density at radius 1 is 1.20 bits per heavy atom. The third kappa shape index (κ3) is 3.55. The SMILES string of the molecule is Cc1cc(NC(=O)C(C)Nc2c(C)nn(-c3ccccc3)c2C)on1. The summed E-state index contributed by atoms with van der Waals surface area (Å²) < 4.78 is 6.88. The summed E-state index contributed by atoms with van der Waals surface area (Å²) >= 11 is 0. The highest BCUT2D eigenvalue weighted by molar-refractivity contribution is 5.95. The van der Waals surface area contributed by atoms with Crippen LogP contribution in [0.3, 0.4) is 0 Å². The lowest BCUT2D eigenvalue weighted by Crippen LogP contribution is -2.32. The maximum absolute atomic E-state index is 12.3. The standard InChI is InChI=1S/C18H21N5O2/c1-11-10-16(25-22-11)20-18(24)13(3)19-17-12(2)21-23(14(17)4)15-8-6-5-7-9-15/h5-10,13,19H,1-4H3,(H,20,24). The van der Waals surface area contributed by atoms with Gasteiger partial charge in [0.2, 0.25) is 11.8 Å². The van der Waals surface area contributed by atoms with E-state index in [0.29, 0.717) is 11.6 Å². The van der Waals surface area contributed by atoms with Crippen molar-refractivity contribution < 1.29 is 9.32 Å². The number of carbonyl (C=O) groups is 1. The first-order valence-electron chi connectivity index (χ1n) is 8.08. The Morgan fingerprint density at radius 2 is 1.92 bits per heavy atom. The quantitative estimate of drug-likeness (QED) is 0.745. The number of nitrogens with one attached hydrogen (secondary N) is 2. The lowest BCUT2D eigenvalue weighted by molar-refractivity contribution is -0.116. The molecule has 0 radical (unpaired) electrons. The minimum Gasteiger partial charge on any atom is -0.371 e. The highest BCUT2D eigenvalue weighted by Crippen LogP contribution is 2.23. The van der Waals surface area contributed by atoms with E-state index in [4.69, 9.17) is 4.52 Å². The molecule has 0 spiro atoms. The summed E-state index contributed by atoms with van der Waals surface area (Å²) in [5, 5.41) is 14.3. The van der Waals surface area contributed by atoms with Gasteiger partial charge in [-0.2, -0.15) is 5.10 Å². The first kappa shape index (κ1) is 16.8. The molecule has 3 aromatic rings. The Balaban J connectivity index is 1.76. The average molecular weight is 339 g/mol. The highest BCUT2D eigenvalue weighted by atomic mass is 16.5. The van der Waals surface area contributed by atoms with Gasteiger partial charge in [0.1, 0.15) is 6.04 Å². The molecule has 1 atom stereocenters. The van der Waals surface area contributed by atoms with Gasteiger partial charge in [-0.1, -0.05) is 23.4 Å². The molecule has 0 saturated heterocycles. The van der Waals surface area contributed by atoms with Crippen LogP contribution in [0.4, 0.5) is 11.6 Å². The van der Waals surface area contributed by atoms with E-state index in [1.165, 1.54) is 0 Å². The van der Waals surface area contributed by atoms with Crippen molar-refractivity contribution in [3.8, 4) is 5.69 Å². The van der Waals surface area contributed by atoms with E-state index in [9.17, 15) is 4.79 Å². The second-order valence-electron chi connectivity index (χ2n) is 5.98. The fourth-order valence-electron chi connectivity index (χ4n) is 2.61. The molecule has 1 amide bonds. The van der Waals surface area contributed by atoms with Crippen LogP contribution in [-0.2, 0) is 4.79 Å². The van der Waals surface area contributed by atoms with Crippen LogP contribution < -0.4 is 10.6 Å². The maximum Gasteiger partial charge on any atom is 0.248 e. The van der Waals surface area contributed by atoms with Gasteiger partial charge in [-0.15, -0.1) is 0 Å². The zero-order valence-corrected chi connectivity index (χ0v) is 14.7. The van der Waals surface area contributed by atoms with Crippen molar-refractivity contribution in [1.29, 1.82) is 0 Å². The second kappa shape index (κ2) is 6.80. The Labute approximate surface area is 146 Å². The first-order chi connectivity index (χ1) is 12.0. The van der Waals surface area contributed by atoms with E-state index < -0.39 is 6.04 Å². The third-order valence-corrected chi connectivity index (χ3v) is 3.92. The predicted octanol–water partition coefficient (Wildman–Crippen LogP) is 3.22. The van der Waals surface area contributed by atoms with E-state index in [2.05, 4.69) is 20.9 Å². The van der Waals surface area contributed by atoms with Crippen LogP contribution in [0.2, 0.25) is 0 Å². The molecule has 2 N–H and O–H groups in total. The number of carbonyl (C=O) groups excluding carboxylic acids is 1. The Kier molecular flexibility index (Phi) is 4.56. The number of anilines is 2. The van der Waals surface area contributed by atoms with Crippen molar-refractivity contribution in [2.75, 3.05) is 10.6 Å². The average Bonchev–Trinajstić information content (AvgIpc) is 3.13. The van der Waals surface area contributed by atoms with Gasteiger partial charge in [0.05, 0.1) is 28.5 Å². The number of para-hydroxylation sites is 1. The van der Waals surface area contributed by atoms with Gasteiger partial charge in [0.25, 0.3) is 0 Å². The van der Waals surface area contributed by atoms with Crippen LogP contribution in [0, 0.1) is 20.8 Å². The molecule has 0 aliphatic carbocycles. The summed E-state index contributed by atoms with van der Waals surface area (Å²) in [5.74, 6) is 0.131. The third-order valence-electron chi connectivity index (χ3n) is 3.92. The van der Waals surface area contributed by atoms with Crippen LogP contribution in [-0.4, -0.2) is 26.9 Å². The molecule has 0 aliphatic heterocycles. The normalized spacial score (nSPS) is 12.0. The van der Waals surface area contributed by atoms with E-state index in [1.807, 2.05) is 48.9 Å². The number of aryl methyl sites for hydroxylation is 2. The largest absolute Gasteiger partial charge is 0.371 e. The topological polar surface area (TPSA) is 85.0 Å². The van der Waals surface area contributed by atoms with Crippen LogP contribution in [0.5, 0.6) is 0 Å². The summed E-state index contributed by atoms with van der Waals surface area (Å²) in [5.41, 5.74) is 4.31. The molecule has 2 heterocycles. The molecule has 130 valence electrons.